The van der Waals surface area contributed by atoms with E-state index >= 15 is 0 Å². The molecule has 4 rings (SSSR count). The molecular formula is C21H20N8O4. The van der Waals surface area contributed by atoms with Crippen molar-refractivity contribution in [2.75, 3.05) is 10.6 Å². The van der Waals surface area contributed by atoms with Gasteiger partial charge >= 0.3 is 5.69 Å². The van der Waals surface area contributed by atoms with Gasteiger partial charge < -0.3 is 10.6 Å². The SMILES string of the molecule is CC(C(=O)Nc1ccc(NC(=O)c2cnc3c(c2)c(=O)n(C)c(=O)n3C)cc1)n1cncn1. The summed E-state index contributed by atoms with van der Waals surface area (Å²) in [7, 11) is 2.87. The molecule has 33 heavy (non-hydrogen) atoms. The summed E-state index contributed by atoms with van der Waals surface area (Å²) in [6.07, 6.45) is 4.11. The van der Waals surface area contributed by atoms with Crippen molar-refractivity contribution in [3.63, 3.8) is 0 Å². The number of pyridine rings is 1. The fourth-order valence-corrected chi connectivity index (χ4v) is 3.21. The van der Waals surface area contributed by atoms with Crippen molar-refractivity contribution < 1.29 is 9.59 Å². The van der Waals surface area contributed by atoms with Crippen LogP contribution >= 0.6 is 0 Å². The molecule has 1 aromatic carbocycles. The van der Waals surface area contributed by atoms with Crippen molar-refractivity contribution >= 4 is 34.2 Å². The fourth-order valence-electron chi connectivity index (χ4n) is 3.21. The molecule has 0 aliphatic heterocycles. The van der Waals surface area contributed by atoms with Crippen LogP contribution in [0.4, 0.5) is 11.4 Å². The summed E-state index contributed by atoms with van der Waals surface area (Å²) in [4.78, 5) is 57.4. The van der Waals surface area contributed by atoms with Crippen molar-refractivity contribution in [1.29, 1.82) is 0 Å². The minimum atomic E-state index is -0.542. The summed E-state index contributed by atoms with van der Waals surface area (Å²) in [5.74, 6) is -0.743. The van der Waals surface area contributed by atoms with Crippen molar-refractivity contribution in [2.45, 2.75) is 13.0 Å². The summed E-state index contributed by atoms with van der Waals surface area (Å²) in [6, 6.07) is 7.41. The van der Waals surface area contributed by atoms with E-state index in [1.807, 2.05) is 0 Å². The van der Waals surface area contributed by atoms with Crippen LogP contribution in [0.25, 0.3) is 11.0 Å². The van der Waals surface area contributed by atoms with Gasteiger partial charge in [-0.15, -0.1) is 0 Å². The number of hydrogen-bond acceptors (Lipinski definition) is 7. The molecule has 12 heteroatoms. The number of fused-ring (bicyclic) bond motifs is 1. The predicted octanol–water partition coefficient (Wildman–Crippen LogP) is 0.676. The third-order valence-corrected chi connectivity index (χ3v) is 5.18. The normalized spacial score (nSPS) is 11.8. The smallest absolute Gasteiger partial charge is 0.324 e. The van der Waals surface area contributed by atoms with E-state index < -0.39 is 23.2 Å². The molecule has 0 fully saturated rings. The Morgan fingerprint density at radius 2 is 1.67 bits per heavy atom. The molecule has 2 amide bonds. The predicted molar refractivity (Wildman–Crippen MR) is 120 cm³/mol. The van der Waals surface area contributed by atoms with Crippen LogP contribution in [-0.4, -0.2) is 40.7 Å². The topological polar surface area (TPSA) is 146 Å². The van der Waals surface area contributed by atoms with Gasteiger partial charge in [-0.1, -0.05) is 0 Å². The van der Waals surface area contributed by atoms with Gasteiger partial charge in [0.25, 0.3) is 11.5 Å². The highest BCUT2D eigenvalue weighted by atomic mass is 16.2. The molecule has 4 aromatic rings. The van der Waals surface area contributed by atoms with Crippen LogP contribution in [0, 0.1) is 0 Å². The highest BCUT2D eigenvalue weighted by molar-refractivity contribution is 6.05. The summed E-state index contributed by atoms with van der Waals surface area (Å²) in [6.45, 7) is 1.70. The minimum Gasteiger partial charge on any atom is -0.324 e. The number of carbonyl (C=O) groups is 2. The summed E-state index contributed by atoms with van der Waals surface area (Å²) >= 11 is 0. The Hall–Kier alpha value is -4.61. The lowest BCUT2D eigenvalue weighted by Crippen LogP contribution is -2.37. The average molecular weight is 448 g/mol. The number of hydrogen-bond donors (Lipinski definition) is 2. The number of carbonyl (C=O) groups excluding carboxylic acids is 2. The lowest BCUT2D eigenvalue weighted by molar-refractivity contribution is -0.119. The zero-order valence-electron chi connectivity index (χ0n) is 18.0. The van der Waals surface area contributed by atoms with Crippen LogP contribution in [0.1, 0.15) is 23.3 Å². The lowest BCUT2D eigenvalue weighted by atomic mass is 10.2. The Morgan fingerprint density at radius 3 is 2.30 bits per heavy atom. The number of anilines is 2. The van der Waals surface area contributed by atoms with Crippen molar-refractivity contribution in [1.82, 2.24) is 28.9 Å². The second kappa shape index (κ2) is 8.49. The first kappa shape index (κ1) is 21.6. The molecule has 0 radical (unpaired) electrons. The molecule has 3 heterocycles. The average Bonchev–Trinajstić information content (AvgIpc) is 3.36. The van der Waals surface area contributed by atoms with E-state index in [-0.39, 0.29) is 22.5 Å². The highest BCUT2D eigenvalue weighted by Gasteiger charge is 2.16. The Morgan fingerprint density at radius 1 is 1.00 bits per heavy atom. The molecular weight excluding hydrogens is 428 g/mol. The van der Waals surface area contributed by atoms with E-state index in [4.69, 9.17) is 0 Å². The molecule has 0 spiro atoms. The van der Waals surface area contributed by atoms with Gasteiger partial charge in [0.05, 0.1) is 10.9 Å². The Labute approximate surface area is 186 Å². The van der Waals surface area contributed by atoms with E-state index in [1.165, 1.54) is 48.3 Å². The summed E-state index contributed by atoms with van der Waals surface area (Å²) < 4.78 is 3.64. The van der Waals surface area contributed by atoms with E-state index in [0.29, 0.717) is 11.4 Å². The van der Waals surface area contributed by atoms with Gasteiger partial charge in [0.1, 0.15) is 24.3 Å². The molecule has 0 aliphatic carbocycles. The summed E-state index contributed by atoms with van der Waals surface area (Å²) in [5, 5.41) is 9.59. The highest BCUT2D eigenvalue weighted by Crippen LogP contribution is 2.17. The van der Waals surface area contributed by atoms with Crippen LogP contribution in [0.3, 0.4) is 0 Å². The van der Waals surface area contributed by atoms with Gasteiger partial charge in [-0.3, -0.25) is 23.5 Å². The summed E-state index contributed by atoms with van der Waals surface area (Å²) in [5.41, 5.74) is 0.352. The van der Waals surface area contributed by atoms with Gasteiger partial charge in [0, 0.05) is 31.7 Å². The maximum absolute atomic E-state index is 12.7. The van der Waals surface area contributed by atoms with Crippen LogP contribution in [0.2, 0.25) is 0 Å². The first-order chi connectivity index (χ1) is 15.8. The van der Waals surface area contributed by atoms with Crippen LogP contribution in [0.15, 0.2) is 58.8 Å². The number of aryl methyl sites for hydroxylation is 1. The largest absolute Gasteiger partial charge is 0.332 e. The van der Waals surface area contributed by atoms with E-state index in [9.17, 15) is 19.2 Å². The van der Waals surface area contributed by atoms with Crippen LogP contribution in [-0.2, 0) is 18.9 Å². The third-order valence-electron chi connectivity index (χ3n) is 5.18. The molecule has 168 valence electrons. The number of nitrogens with one attached hydrogen (secondary N) is 2. The second-order valence-corrected chi connectivity index (χ2v) is 7.37. The molecule has 0 aliphatic rings. The van der Waals surface area contributed by atoms with E-state index in [2.05, 4.69) is 25.7 Å². The van der Waals surface area contributed by atoms with Crippen molar-refractivity contribution in [3.8, 4) is 0 Å². The van der Waals surface area contributed by atoms with Gasteiger partial charge in [-0.25, -0.2) is 19.4 Å². The molecule has 2 N–H and O–H groups in total. The minimum absolute atomic E-state index is 0.159. The number of aromatic nitrogens is 6. The van der Waals surface area contributed by atoms with Crippen molar-refractivity contribution in [2.24, 2.45) is 14.1 Å². The number of rotatable bonds is 5. The first-order valence-corrected chi connectivity index (χ1v) is 9.88. The van der Waals surface area contributed by atoms with Crippen LogP contribution in [0.5, 0.6) is 0 Å². The maximum Gasteiger partial charge on any atom is 0.332 e. The third kappa shape index (κ3) is 4.13. The van der Waals surface area contributed by atoms with Crippen LogP contribution < -0.4 is 21.9 Å². The Kier molecular flexibility index (Phi) is 5.56. The molecule has 0 bridgehead atoms. The van der Waals surface area contributed by atoms with Gasteiger partial charge in [0.15, 0.2) is 0 Å². The quantitative estimate of drug-likeness (QED) is 0.456. The second-order valence-electron chi connectivity index (χ2n) is 7.37. The Balaban J connectivity index is 1.49. The van der Waals surface area contributed by atoms with Crippen molar-refractivity contribution in [3.05, 3.63) is 75.6 Å². The van der Waals surface area contributed by atoms with Gasteiger partial charge in [0.2, 0.25) is 5.91 Å². The maximum atomic E-state index is 12.7. The number of amides is 2. The fraction of sp³-hybridized carbons (Fsp3) is 0.190. The lowest BCUT2D eigenvalue weighted by Gasteiger charge is -2.12. The number of benzene rings is 1. The zero-order valence-corrected chi connectivity index (χ0v) is 18.0. The Bertz CT molecular complexity index is 1470. The van der Waals surface area contributed by atoms with E-state index in [0.717, 1.165) is 4.57 Å². The molecule has 12 nitrogen and oxygen atoms in total. The molecule has 1 atom stereocenters. The first-order valence-electron chi connectivity index (χ1n) is 9.88. The van der Waals surface area contributed by atoms with Gasteiger partial charge in [-0.2, -0.15) is 5.10 Å². The molecule has 3 aromatic heterocycles. The molecule has 0 saturated carbocycles. The van der Waals surface area contributed by atoms with E-state index in [1.54, 1.807) is 31.2 Å². The standard InChI is InChI=1S/C21H20N8O4/c1-12(29-11-22-10-24-29)18(30)25-14-4-6-15(7-5-14)26-19(31)13-8-16-17(23-9-13)27(2)21(33)28(3)20(16)32/h4-12H,1-3H3,(H,25,30)(H,26,31). The number of nitrogens with zero attached hydrogens (tertiary/aromatic N) is 6. The molecule has 0 saturated heterocycles. The monoisotopic (exact) mass is 448 g/mol. The molecule has 1 unspecified atom stereocenters. The van der Waals surface area contributed by atoms with Gasteiger partial charge in [-0.05, 0) is 37.3 Å². The zero-order chi connectivity index (χ0) is 23.7.